The summed E-state index contributed by atoms with van der Waals surface area (Å²) in [7, 11) is 3.54. The molecule has 0 aliphatic heterocycles. The minimum Gasteiger partial charge on any atom is -0.393 e. The fourth-order valence-electron chi connectivity index (χ4n) is 1.87. The molecule has 1 aromatic heterocycles. The monoisotopic (exact) mass is 293 g/mol. The molecule has 1 rings (SSSR count). The molecule has 1 atom stereocenters. The van der Waals surface area contributed by atoms with Crippen LogP contribution in [0.25, 0.3) is 0 Å². The largest absolute Gasteiger partial charge is 0.393 e. The number of nitrogens with zero attached hydrogens (tertiary/aromatic N) is 2. The zero-order valence-electron chi connectivity index (χ0n) is 13.9. The zero-order chi connectivity index (χ0) is 16.2. The molecule has 0 saturated heterocycles. The van der Waals surface area contributed by atoms with Gasteiger partial charge in [-0.15, -0.1) is 0 Å². The van der Waals surface area contributed by atoms with Crippen LogP contribution in [-0.2, 0) is 5.41 Å². The molecule has 1 aromatic rings. The van der Waals surface area contributed by atoms with Crippen molar-refractivity contribution in [2.75, 3.05) is 26.0 Å². The van der Waals surface area contributed by atoms with Gasteiger partial charge in [0.25, 0.3) is 5.91 Å². The van der Waals surface area contributed by atoms with Crippen molar-refractivity contribution < 1.29 is 9.90 Å². The van der Waals surface area contributed by atoms with Crippen LogP contribution in [0, 0.1) is 0 Å². The van der Waals surface area contributed by atoms with E-state index >= 15 is 0 Å². The molecule has 0 bridgehead atoms. The Labute approximate surface area is 127 Å². The van der Waals surface area contributed by atoms with Crippen molar-refractivity contribution in [1.29, 1.82) is 0 Å². The zero-order valence-corrected chi connectivity index (χ0v) is 13.9. The summed E-state index contributed by atoms with van der Waals surface area (Å²) in [5.74, 6) is 0.634. The lowest BCUT2D eigenvalue weighted by molar-refractivity contribution is 0.0768. The second-order valence-corrected chi connectivity index (χ2v) is 6.49. The Kier molecular flexibility index (Phi) is 5.72. The lowest BCUT2D eigenvalue weighted by Gasteiger charge is -2.22. The number of amides is 1. The Morgan fingerprint density at radius 2 is 2.05 bits per heavy atom. The van der Waals surface area contributed by atoms with Crippen molar-refractivity contribution in [2.24, 2.45) is 0 Å². The number of aliphatic hydroxyl groups excluding tert-OH is 1. The van der Waals surface area contributed by atoms with Crippen LogP contribution in [0.4, 0.5) is 5.82 Å². The predicted molar refractivity (Wildman–Crippen MR) is 85.7 cm³/mol. The van der Waals surface area contributed by atoms with Gasteiger partial charge in [0.1, 0.15) is 5.82 Å². The molecule has 0 radical (unpaired) electrons. The Morgan fingerprint density at radius 1 is 1.43 bits per heavy atom. The van der Waals surface area contributed by atoms with Crippen LogP contribution >= 0.6 is 0 Å². The van der Waals surface area contributed by atoms with Crippen LogP contribution in [0.2, 0.25) is 0 Å². The van der Waals surface area contributed by atoms with Crippen LogP contribution in [0.1, 0.15) is 50.2 Å². The van der Waals surface area contributed by atoms with Crippen molar-refractivity contribution in [3.8, 4) is 0 Å². The average molecular weight is 293 g/mol. The van der Waals surface area contributed by atoms with Crippen LogP contribution in [0.3, 0.4) is 0 Å². The van der Waals surface area contributed by atoms with E-state index in [0.717, 1.165) is 5.69 Å². The first-order chi connectivity index (χ1) is 9.65. The summed E-state index contributed by atoms with van der Waals surface area (Å²) < 4.78 is 0. The maximum atomic E-state index is 12.5. The van der Waals surface area contributed by atoms with Gasteiger partial charge in [0, 0.05) is 37.3 Å². The summed E-state index contributed by atoms with van der Waals surface area (Å²) in [6.07, 6.45) is 0.161. The molecular weight excluding hydrogens is 266 g/mol. The van der Waals surface area contributed by atoms with Crippen LogP contribution in [0.15, 0.2) is 12.1 Å². The number of rotatable bonds is 5. The summed E-state index contributed by atoms with van der Waals surface area (Å²) in [4.78, 5) is 18.6. The molecule has 1 amide bonds. The van der Waals surface area contributed by atoms with Gasteiger partial charge in [-0.25, -0.2) is 4.98 Å². The van der Waals surface area contributed by atoms with Gasteiger partial charge in [-0.2, -0.15) is 0 Å². The molecule has 2 N–H and O–H groups in total. The molecule has 118 valence electrons. The number of carbonyl (C=O) groups excluding carboxylic acids is 1. The van der Waals surface area contributed by atoms with Gasteiger partial charge in [-0.3, -0.25) is 4.79 Å². The molecule has 5 nitrogen and oxygen atoms in total. The molecule has 0 saturated carbocycles. The lowest BCUT2D eigenvalue weighted by atomic mass is 9.90. The summed E-state index contributed by atoms with van der Waals surface area (Å²) in [6, 6.07) is 3.61. The average Bonchev–Trinajstić information content (AvgIpc) is 2.42. The number of hydrogen-bond acceptors (Lipinski definition) is 4. The summed E-state index contributed by atoms with van der Waals surface area (Å²) in [5, 5.41) is 12.3. The molecule has 0 aliphatic rings. The number of nitrogens with one attached hydrogen (secondary N) is 1. The van der Waals surface area contributed by atoms with Crippen molar-refractivity contribution >= 4 is 11.7 Å². The molecule has 0 spiro atoms. The van der Waals surface area contributed by atoms with Crippen LogP contribution in [0.5, 0.6) is 0 Å². The fraction of sp³-hybridized carbons (Fsp3) is 0.625. The van der Waals surface area contributed by atoms with Gasteiger partial charge in [0.15, 0.2) is 0 Å². The maximum Gasteiger partial charge on any atom is 0.253 e. The van der Waals surface area contributed by atoms with Crippen molar-refractivity contribution in [3.05, 3.63) is 23.4 Å². The Morgan fingerprint density at radius 3 is 2.52 bits per heavy atom. The van der Waals surface area contributed by atoms with Gasteiger partial charge in [-0.1, -0.05) is 20.8 Å². The Bertz CT molecular complexity index is 493. The fourth-order valence-corrected chi connectivity index (χ4v) is 1.87. The number of anilines is 1. The van der Waals surface area contributed by atoms with Crippen LogP contribution in [-0.4, -0.2) is 47.6 Å². The van der Waals surface area contributed by atoms with Crippen molar-refractivity contribution in [1.82, 2.24) is 9.88 Å². The van der Waals surface area contributed by atoms with Gasteiger partial charge in [0.2, 0.25) is 0 Å². The van der Waals surface area contributed by atoms with E-state index < -0.39 is 6.10 Å². The van der Waals surface area contributed by atoms with Crippen LogP contribution < -0.4 is 5.32 Å². The third-order valence-corrected chi connectivity index (χ3v) is 3.33. The summed E-state index contributed by atoms with van der Waals surface area (Å²) in [6.45, 7) is 8.46. The van der Waals surface area contributed by atoms with Crippen molar-refractivity contribution in [3.63, 3.8) is 0 Å². The molecule has 1 unspecified atom stereocenters. The molecule has 0 aliphatic carbocycles. The number of carbonyl (C=O) groups is 1. The van der Waals surface area contributed by atoms with Crippen molar-refractivity contribution in [2.45, 2.75) is 45.6 Å². The van der Waals surface area contributed by atoms with Gasteiger partial charge in [-0.05, 0) is 25.5 Å². The summed E-state index contributed by atoms with van der Waals surface area (Å²) in [5.41, 5.74) is 1.37. The number of aromatic nitrogens is 1. The second kappa shape index (κ2) is 6.89. The highest BCUT2D eigenvalue weighted by molar-refractivity contribution is 5.94. The topological polar surface area (TPSA) is 65.5 Å². The third kappa shape index (κ3) is 5.01. The maximum absolute atomic E-state index is 12.5. The molecular formula is C16H27N3O2. The van der Waals surface area contributed by atoms with E-state index in [1.54, 1.807) is 32.0 Å². The SMILES string of the molecule is CNc1cc(C(=O)N(C)CCC(C)O)cc(C(C)(C)C)n1. The molecule has 0 fully saturated rings. The van der Waals surface area contributed by atoms with E-state index in [1.807, 2.05) is 6.07 Å². The van der Waals surface area contributed by atoms with E-state index in [0.29, 0.717) is 24.3 Å². The Hall–Kier alpha value is -1.62. The molecule has 0 aromatic carbocycles. The van der Waals surface area contributed by atoms with E-state index in [4.69, 9.17) is 0 Å². The first kappa shape index (κ1) is 17.4. The molecule has 1 heterocycles. The normalized spacial score (nSPS) is 12.9. The lowest BCUT2D eigenvalue weighted by Crippen LogP contribution is -2.30. The third-order valence-electron chi connectivity index (χ3n) is 3.33. The predicted octanol–water partition coefficient (Wildman–Crippen LogP) is 2.26. The standard InChI is InChI=1S/C16H27N3O2/c1-11(20)7-8-19(6)15(21)12-9-13(16(2,3)4)18-14(10-12)17-5/h9-11,20H,7-8H2,1-6H3,(H,17,18). The highest BCUT2D eigenvalue weighted by Crippen LogP contribution is 2.23. The van der Waals surface area contributed by atoms with Gasteiger partial charge < -0.3 is 15.3 Å². The first-order valence-electron chi connectivity index (χ1n) is 7.29. The van der Waals surface area contributed by atoms with E-state index in [-0.39, 0.29) is 11.3 Å². The van der Waals surface area contributed by atoms with E-state index in [9.17, 15) is 9.90 Å². The Balaban J connectivity index is 3.03. The quantitative estimate of drug-likeness (QED) is 0.874. The van der Waals surface area contributed by atoms with E-state index in [1.165, 1.54) is 0 Å². The highest BCUT2D eigenvalue weighted by atomic mass is 16.3. The number of pyridine rings is 1. The summed E-state index contributed by atoms with van der Waals surface area (Å²) >= 11 is 0. The minimum absolute atomic E-state index is 0.0555. The molecule has 5 heteroatoms. The second-order valence-electron chi connectivity index (χ2n) is 6.49. The highest BCUT2D eigenvalue weighted by Gasteiger charge is 2.20. The minimum atomic E-state index is -0.407. The van der Waals surface area contributed by atoms with Gasteiger partial charge in [0.05, 0.1) is 6.10 Å². The van der Waals surface area contributed by atoms with E-state index in [2.05, 4.69) is 31.1 Å². The first-order valence-corrected chi connectivity index (χ1v) is 7.29. The number of hydrogen-bond donors (Lipinski definition) is 2. The molecule has 21 heavy (non-hydrogen) atoms. The smallest absolute Gasteiger partial charge is 0.253 e. The number of aliphatic hydroxyl groups is 1. The van der Waals surface area contributed by atoms with Gasteiger partial charge >= 0.3 is 0 Å².